The number of aliphatic imine (C=N–C) groups is 1. The molecule has 0 unspecified atom stereocenters. The van der Waals surface area contributed by atoms with Crippen molar-refractivity contribution in [1.82, 2.24) is 9.88 Å². The Morgan fingerprint density at radius 2 is 1.75 bits per heavy atom. The number of hydrogen-bond acceptors (Lipinski definition) is 3. The molecule has 0 atom stereocenters. The van der Waals surface area contributed by atoms with Crippen molar-refractivity contribution in [3.8, 4) is 5.69 Å². The van der Waals surface area contributed by atoms with Crippen LogP contribution in [0.4, 0.5) is 5.69 Å². The van der Waals surface area contributed by atoms with Crippen LogP contribution in [0.5, 0.6) is 0 Å². The minimum Gasteiger partial charge on any atom is -0.316 e. The molecule has 0 radical (unpaired) electrons. The molecule has 2 heterocycles. The molecule has 1 amide bonds. The standard InChI is InChI=1S/C24H20BrCl2N3OS/c1-12-7-18(8-13(2)22(12)25)28-24-29-23(31)21(32-24)10-16-9-14(3)30(15(16)4)20-6-5-17(26)11-19(20)27/h5-11H,1-4H3,(H,28,29,31)/b21-10-. The second-order valence-electron chi connectivity index (χ2n) is 7.63. The molecule has 1 aromatic heterocycles. The molecule has 4 nitrogen and oxygen atoms in total. The first-order chi connectivity index (χ1) is 15.1. The second-order valence-corrected chi connectivity index (χ2v) is 10.3. The third kappa shape index (κ3) is 4.55. The van der Waals surface area contributed by atoms with E-state index in [1.165, 1.54) is 11.8 Å². The number of aromatic nitrogens is 1. The van der Waals surface area contributed by atoms with E-state index in [0.29, 0.717) is 20.1 Å². The highest BCUT2D eigenvalue weighted by Crippen LogP contribution is 2.33. The summed E-state index contributed by atoms with van der Waals surface area (Å²) in [6, 6.07) is 11.4. The monoisotopic (exact) mass is 547 g/mol. The number of amidine groups is 1. The first-order valence-electron chi connectivity index (χ1n) is 9.84. The Morgan fingerprint density at radius 3 is 2.41 bits per heavy atom. The quantitative estimate of drug-likeness (QED) is 0.341. The summed E-state index contributed by atoms with van der Waals surface area (Å²) in [6.07, 6.45) is 1.89. The van der Waals surface area contributed by atoms with E-state index in [4.69, 9.17) is 23.2 Å². The topological polar surface area (TPSA) is 46.4 Å². The molecule has 1 fully saturated rings. The van der Waals surface area contributed by atoms with Gasteiger partial charge < -0.3 is 9.88 Å². The number of nitrogens with zero attached hydrogens (tertiary/aromatic N) is 2. The molecule has 0 aliphatic carbocycles. The molecule has 8 heteroatoms. The minimum atomic E-state index is -0.159. The fourth-order valence-corrected chi connectivity index (χ4v) is 5.25. The van der Waals surface area contributed by atoms with Crippen LogP contribution in [0.25, 0.3) is 11.8 Å². The van der Waals surface area contributed by atoms with Gasteiger partial charge in [-0.2, -0.15) is 0 Å². The Labute approximate surface area is 209 Å². The summed E-state index contributed by atoms with van der Waals surface area (Å²) in [4.78, 5) is 17.8. The van der Waals surface area contributed by atoms with Crippen molar-refractivity contribution in [3.05, 3.63) is 83.9 Å². The molecule has 1 N–H and O–H groups in total. The van der Waals surface area contributed by atoms with E-state index in [9.17, 15) is 4.79 Å². The van der Waals surface area contributed by atoms with Gasteiger partial charge in [0, 0.05) is 20.9 Å². The van der Waals surface area contributed by atoms with Gasteiger partial charge in [-0.05, 0) is 98.6 Å². The van der Waals surface area contributed by atoms with Crippen LogP contribution in [-0.2, 0) is 4.79 Å². The molecule has 3 aromatic rings. The van der Waals surface area contributed by atoms with Crippen molar-refractivity contribution in [2.24, 2.45) is 4.99 Å². The Morgan fingerprint density at radius 1 is 1.06 bits per heavy atom. The number of thioether (sulfide) groups is 1. The number of carbonyl (C=O) groups excluding carboxylic acids is 1. The average molecular weight is 549 g/mol. The van der Waals surface area contributed by atoms with Crippen molar-refractivity contribution in [2.75, 3.05) is 0 Å². The number of benzene rings is 2. The van der Waals surface area contributed by atoms with Gasteiger partial charge in [0.15, 0.2) is 5.17 Å². The zero-order valence-corrected chi connectivity index (χ0v) is 21.8. The minimum absolute atomic E-state index is 0.159. The molecule has 1 aliphatic heterocycles. The van der Waals surface area contributed by atoms with Gasteiger partial charge in [-0.3, -0.25) is 4.79 Å². The summed E-state index contributed by atoms with van der Waals surface area (Å²) < 4.78 is 3.13. The fraction of sp³-hybridized carbons (Fsp3) is 0.167. The number of rotatable bonds is 3. The molecule has 1 saturated heterocycles. The van der Waals surface area contributed by atoms with Crippen molar-refractivity contribution in [2.45, 2.75) is 27.7 Å². The van der Waals surface area contributed by atoms with Gasteiger partial charge in [0.2, 0.25) is 0 Å². The molecule has 0 bridgehead atoms. The lowest BCUT2D eigenvalue weighted by atomic mass is 10.1. The molecule has 0 spiro atoms. The van der Waals surface area contributed by atoms with Crippen molar-refractivity contribution >= 4 is 73.7 Å². The van der Waals surface area contributed by atoms with Gasteiger partial charge in [0.1, 0.15) is 0 Å². The highest BCUT2D eigenvalue weighted by Gasteiger charge is 2.25. The summed E-state index contributed by atoms with van der Waals surface area (Å²) in [5, 5.41) is 4.59. The van der Waals surface area contributed by atoms with E-state index in [1.807, 2.05) is 64.1 Å². The summed E-state index contributed by atoms with van der Waals surface area (Å²) in [5.41, 5.74) is 6.80. The number of amides is 1. The zero-order valence-electron chi connectivity index (χ0n) is 17.9. The molecule has 164 valence electrons. The molecule has 4 rings (SSSR count). The van der Waals surface area contributed by atoms with E-state index in [1.54, 1.807) is 6.07 Å². The van der Waals surface area contributed by atoms with Gasteiger partial charge >= 0.3 is 0 Å². The Balaban J connectivity index is 1.66. The maximum atomic E-state index is 12.6. The lowest BCUT2D eigenvalue weighted by Gasteiger charge is -2.12. The van der Waals surface area contributed by atoms with Crippen LogP contribution < -0.4 is 5.32 Å². The van der Waals surface area contributed by atoms with Gasteiger partial charge in [0.25, 0.3) is 5.91 Å². The highest BCUT2D eigenvalue weighted by atomic mass is 79.9. The smallest absolute Gasteiger partial charge is 0.264 e. The largest absolute Gasteiger partial charge is 0.316 e. The average Bonchev–Trinajstić information content (AvgIpc) is 3.19. The molecule has 0 saturated carbocycles. The van der Waals surface area contributed by atoms with Crippen molar-refractivity contribution in [3.63, 3.8) is 0 Å². The third-order valence-electron chi connectivity index (χ3n) is 5.21. The van der Waals surface area contributed by atoms with Gasteiger partial charge in [-0.15, -0.1) is 0 Å². The van der Waals surface area contributed by atoms with E-state index < -0.39 is 0 Å². The van der Waals surface area contributed by atoms with E-state index in [-0.39, 0.29) is 5.91 Å². The maximum Gasteiger partial charge on any atom is 0.264 e. The lowest BCUT2D eigenvalue weighted by molar-refractivity contribution is -0.115. The summed E-state index contributed by atoms with van der Waals surface area (Å²) in [7, 11) is 0. The third-order valence-corrected chi connectivity index (χ3v) is 7.91. The van der Waals surface area contributed by atoms with Crippen LogP contribution >= 0.6 is 50.9 Å². The van der Waals surface area contributed by atoms with Gasteiger partial charge in [0.05, 0.1) is 21.3 Å². The normalized spacial score (nSPS) is 16.3. The van der Waals surface area contributed by atoms with Gasteiger partial charge in [-0.25, -0.2) is 4.99 Å². The molecule has 1 aliphatic rings. The van der Waals surface area contributed by atoms with Crippen LogP contribution in [0.15, 0.2) is 50.8 Å². The fourth-order valence-electron chi connectivity index (χ4n) is 3.69. The lowest BCUT2D eigenvalue weighted by Crippen LogP contribution is -2.19. The number of halogens is 3. The summed E-state index contributed by atoms with van der Waals surface area (Å²) in [6.45, 7) is 8.06. The van der Waals surface area contributed by atoms with E-state index in [2.05, 4.69) is 30.8 Å². The molecule has 32 heavy (non-hydrogen) atoms. The molecular weight excluding hydrogens is 529 g/mol. The number of aryl methyl sites for hydroxylation is 3. The SMILES string of the molecule is Cc1cc(N=C2NC(=O)/C(=C/c3cc(C)n(-c4ccc(Cl)cc4Cl)c3C)S2)cc(C)c1Br. The Kier molecular flexibility index (Phi) is 6.59. The molecule has 2 aromatic carbocycles. The number of carbonyl (C=O) groups is 1. The highest BCUT2D eigenvalue weighted by molar-refractivity contribution is 9.10. The first-order valence-corrected chi connectivity index (χ1v) is 12.2. The number of nitrogens with one attached hydrogen (secondary N) is 1. The summed E-state index contributed by atoms with van der Waals surface area (Å²) in [5.74, 6) is -0.159. The maximum absolute atomic E-state index is 12.6. The second kappa shape index (κ2) is 9.10. The summed E-state index contributed by atoms with van der Waals surface area (Å²) >= 11 is 17.4. The van der Waals surface area contributed by atoms with Crippen LogP contribution in [0.1, 0.15) is 28.1 Å². The number of hydrogen-bond donors (Lipinski definition) is 1. The van der Waals surface area contributed by atoms with Crippen molar-refractivity contribution in [1.29, 1.82) is 0 Å². The van der Waals surface area contributed by atoms with E-state index in [0.717, 1.165) is 43.9 Å². The first kappa shape index (κ1) is 23.2. The van der Waals surface area contributed by atoms with Crippen molar-refractivity contribution < 1.29 is 4.79 Å². The van der Waals surface area contributed by atoms with Crippen LogP contribution in [0.3, 0.4) is 0 Å². The van der Waals surface area contributed by atoms with Gasteiger partial charge in [-0.1, -0.05) is 39.1 Å². The predicted octanol–water partition coefficient (Wildman–Crippen LogP) is 7.67. The van der Waals surface area contributed by atoms with Crippen LogP contribution in [0.2, 0.25) is 10.0 Å². The Bertz CT molecular complexity index is 1300. The predicted molar refractivity (Wildman–Crippen MR) is 140 cm³/mol. The van der Waals surface area contributed by atoms with E-state index >= 15 is 0 Å². The van der Waals surface area contributed by atoms with Crippen LogP contribution in [0, 0.1) is 27.7 Å². The Hall–Kier alpha value is -1.99. The van der Waals surface area contributed by atoms with Crippen LogP contribution in [-0.4, -0.2) is 15.6 Å². The zero-order chi connectivity index (χ0) is 23.2. The molecular formula is C24H20BrCl2N3OS.